The number of carbonyl (C=O) groups is 1. The molecule has 2 rings (SSSR count). The summed E-state index contributed by atoms with van der Waals surface area (Å²) >= 11 is 0. The molecular weight excluding hydrogens is 264 g/mol. The highest BCUT2D eigenvalue weighted by Gasteiger charge is 2.24. The number of carbonyl (C=O) groups excluding carboxylic acids is 1. The number of rotatable bonds is 3. The number of hydrogen-bond acceptors (Lipinski definition) is 4. The summed E-state index contributed by atoms with van der Waals surface area (Å²) < 4.78 is 0. The zero-order chi connectivity index (χ0) is 15.4. The lowest BCUT2D eigenvalue weighted by Crippen LogP contribution is -2.38. The minimum atomic E-state index is 0.0881. The Hall–Kier alpha value is -1.62. The summed E-state index contributed by atoms with van der Waals surface area (Å²) in [6.07, 6.45) is 4.57. The molecule has 1 fully saturated rings. The first-order chi connectivity index (χ1) is 10.0. The first-order valence-electron chi connectivity index (χ1n) is 7.82. The molecule has 0 aromatic carbocycles. The van der Waals surface area contributed by atoms with Gasteiger partial charge in [0.15, 0.2) is 0 Å². The molecule has 1 aromatic heterocycles. The van der Waals surface area contributed by atoms with Crippen molar-refractivity contribution in [3.05, 3.63) is 23.4 Å². The van der Waals surface area contributed by atoms with Crippen molar-refractivity contribution in [2.45, 2.75) is 58.4 Å². The molecule has 1 amide bonds. The quantitative estimate of drug-likeness (QED) is 0.663. The molecular formula is C16H26N4O. The predicted octanol–water partition coefficient (Wildman–Crippen LogP) is 2.90. The van der Waals surface area contributed by atoms with Gasteiger partial charge in [-0.15, -0.1) is 0 Å². The molecule has 1 atom stereocenters. The molecule has 1 aliphatic heterocycles. The van der Waals surface area contributed by atoms with E-state index in [1.54, 1.807) is 6.07 Å². The van der Waals surface area contributed by atoms with Crippen LogP contribution in [0, 0.1) is 0 Å². The van der Waals surface area contributed by atoms with Crippen LogP contribution in [0.4, 0.5) is 5.82 Å². The number of aromatic nitrogens is 1. The third-order valence-electron chi connectivity index (χ3n) is 4.15. The molecule has 5 nitrogen and oxygen atoms in total. The minimum absolute atomic E-state index is 0.0881. The van der Waals surface area contributed by atoms with Crippen LogP contribution in [0.25, 0.3) is 0 Å². The van der Waals surface area contributed by atoms with Gasteiger partial charge in [0.05, 0.1) is 0 Å². The van der Waals surface area contributed by atoms with Gasteiger partial charge in [0.1, 0.15) is 5.82 Å². The summed E-state index contributed by atoms with van der Waals surface area (Å²) in [5.41, 5.74) is 4.12. The van der Waals surface area contributed by atoms with E-state index in [0.29, 0.717) is 17.4 Å². The molecule has 2 heterocycles. The Bertz CT molecular complexity index is 501. The monoisotopic (exact) mass is 290 g/mol. The van der Waals surface area contributed by atoms with E-state index in [0.717, 1.165) is 25.1 Å². The molecule has 21 heavy (non-hydrogen) atoms. The number of amides is 1. The van der Waals surface area contributed by atoms with Crippen LogP contribution in [0.5, 0.6) is 0 Å². The number of nitrogens with zero attached hydrogens (tertiary/aromatic N) is 2. The molecule has 5 heteroatoms. The Morgan fingerprint density at radius 1 is 1.38 bits per heavy atom. The summed E-state index contributed by atoms with van der Waals surface area (Å²) in [4.78, 5) is 19.2. The average Bonchev–Trinajstić information content (AvgIpc) is 2.70. The maximum absolute atomic E-state index is 12.8. The molecule has 1 unspecified atom stereocenters. The van der Waals surface area contributed by atoms with E-state index in [1.165, 1.54) is 12.8 Å². The second-order valence-electron chi connectivity index (χ2n) is 6.16. The first-order valence-corrected chi connectivity index (χ1v) is 7.82. The summed E-state index contributed by atoms with van der Waals surface area (Å²) in [7, 11) is 0. The molecule has 0 radical (unpaired) electrons. The molecule has 1 saturated heterocycles. The number of pyridine rings is 1. The maximum atomic E-state index is 12.8. The third-order valence-corrected chi connectivity index (χ3v) is 4.15. The van der Waals surface area contributed by atoms with Crippen LogP contribution in [0.1, 0.15) is 68.4 Å². The minimum Gasteiger partial charge on any atom is -0.336 e. The Morgan fingerprint density at radius 2 is 2.14 bits per heavy atom. The highest BCUT2D eigenvalue weighted by atomic mass is 16.2. The van der Waals surface area contributed by atoms with Gasteiger partial charge >= 0.3 is 0 Å². The van der Waals surface area contributed by atoms with Crippen LogP contribution < -0.4 is 11.3 Å². The molecule has 0 spiro atoms. The van der Waals surface area contributed by atoms with Gasteiger partial charge in [-0.3, -0.25) is 4.79 Å². The van der Waals surface area contributed by atoms with E-state index in [-0.39, 0.29) is 11.8 Å². The van der Waals surface area contributed by atoms with E-state index < -0.39 is 0 Å². The van der Waals surface area contributed by atoms with Gasteiger partial charge in [-0.25, -0.2) is 10.8 Å². The zero-order valence-electron chi connectivity index (χ0n) is 13.2. The molecule has 0 saturated carbocycles. The Balaban J connectivity index is 2.30. The SMILES string of the molecule is CC(C)c1cc(C(=O)N2CCCCCC2C)cc(NN)n1. The van der Waals surface area contributed by atoms with Crippen LogP contribution in [0.15, 0.2) is 12.1 Å². The van der Waals surface area contributed by atoms with Crippen molar-refractivity contribution in [2.75, 3.05) is 12.0 Å². The third kappa shape index (κ3) is 3.73. The van der Waals surface area contributed by atoms with E-state index >= 15 is 0 Å². The Morgan fingerprint density at radius 3 is 2.81 bits per heavy atom. The highest BCUT2D eigenvalue weighted by molar-refractivity contribution is 5.95. The fraction of sp³-hybridized carbons (Fsp3) is 0.625. The largest absolute Gasteiger partial charge is 0.336 e. The van der Waals surface area contributed by atoms with E-state index in [2.05, 4.69) is 31.2 Å². The summed E-state index contributed by atoms with van der Waals surface area (Å²) in [6, 6.07) is 3.93. The summed E-state index contributed by atoms with van der Waals surface area (Å²) in [6.45, 7) is 7.09. The smallest absolute Gasteiger partial charge is 0.254 e. The van der Waals surface area contributed by atoms with Crippen LogP contribution in [0.3, 0.4) is 0 Å². The molecule has 0 aliphatic carbocycles. The van der Waals surface area contributed by atoms with E-state index in [4.69, 9.17) is 5.84 Å². The Kier molecular flexibility index (Phi) is 5.17. The van der Waals surface area contributed by atoms with E-state index in [1.807, 2.05) is 11.0 Å². The molecule has 0 bridgehead atoms. The standard InChI is InChI=1S/C16H26N4O/c1-11(2)14-9-13(10-15(18-14)19-17)16(21)20-8-6-4-5-7-12(20)3/h9-12H,4-8,17H2,1-3H3,(H,18,19). The van der Waals surface area contributed by atoms with Crippen molar-refractivity contribution in [3.8, 4) is 0 Å². The number of hydrogen-bond donors (Lipinski definition) is 2. The van der Waals surface area contributed by atoms with Crippen LogP contribution >= 0.6 is 0 Å². The van der Waals surface area contributed by atoms with Crippen molar-refractivity contribution in [2.24, 2.45) is 5.84 Å². The van der Waals surface area contributed by atoms with Gasteiger partial charge in [-0.2, -0.15) is 0 Å². The van der Waals surface area contributed by atoms with Gasteiger partial charge in [0, 0.05) is 23.8 Å². The lowest BCUT2D eigenvalue weighted by molar-refractivity contribution is 0.0697. The average molecular weight is 290 g/mol. The number of anilines is 1. The fourth-order valence-corrected chi connectivity index (χ4v) is 2.79. The fourth-order valence-electron chi connectivity index (χ4n) is 2.79. The second-order valence-corrected chi connectivity index (χ2v) is 6.16. The van der Waals surface area contributed by atoms with Crippen LogP contribution in [0.2, 0.25) is 0 Å². The predicted molar refractivity (Wildman–Crippen MR) is 85.1 cm³/mol. The number of hydrazine groups is 1. The molecule has 3 N–H and O–H groups in total. The summed E-state index contributed by atoms with van der Waals surface area (Å²) in [5, 5.41) is 0. The number of nitrogen functional groups attached to an aromatic ring is 1. The van der Waals surface area contributed by atoms with Crippen molar-refractivity contribution in [1.29, 1.82) is 0 Å². The van der Waals surface area contributed by atoms with Gasteiger partial charge in [-0.05, 0) is 37.8 Å². The van der Waals surface area contributed by atoms with Gasteiger partial charge < -0.3 is 10.3 Å². The van der Waals surface area contributed by atoms with Crippen molar-refractivity contribution in [3.63, 3.8) is 0 Å². The molecule has 116 valence electrons. The lowest BCUT2D eigenvalue weighted by Gasteiger charge is -2.27. The van der Waals surface area contributed by atoms with Gasteiger partial charge in [0.25, 0.3) is 5.91 Å². The second kappa shape index (κ2) is 6.89. The van der Waals surface area contributed by atoms with Crippen molar-refractivity contribution < 1.29 is 4.79 Å². The van der Waals surface area contributed by atoms with E-state index in [9.17, 15) is 4.79 Å². The van der Waals surface area contributed by atoms with Gasteiger partial charge in [-0.1, -0.05) is 26.7 Å². The zero-order valence-corrected chi connectivity index (χ0v) is 13.2. The van der Waals surface area contributed by atoms with Crippen molar-refractivity contribution in [1.82, 2.24) is 9.88 Å². The molecule has 1 aliphatic rings. The first kappa shape index (κ1) is 15.8. The number of nitrogens with two attached hydrogens (primary N) is 1. The summed E-state index contributed by atoms with van der Waals surface area (Å²) in [5.74, 6) is 6.37. The van der Waals surface area contributed by atoms with Crippen LogP contribution in [-0.2, 0) is 0 Å². The molecule has 1 aromatic rings. The van der Waals surface area contributed by atoms with Gasteiger partial charge in [0.2, 0.25) is 0 Å². The lowest BCUT2D eigenvalue weighted by atomic mass is 10.1. The highest BCUT2D eigenvalue weighted by Crippen LogP contribution is 2.22. The normalized spacial score (nSPS) is 19.5. The number of nitrogens with one attached hydrogen (secondary N) is 1. The topological polar surface area (TPSA) is 71.2 Å². The number of likely N-dealkylation sites (tertiary alicyclic amines) is 1. The van der Waals surface area contributed by atoms with Crippen LogP contribution in [-0.4, -0.2) is 28.4 Å². The van der Waals surface area contributed by atoms with Crippen molar-refractivity contribution >= 4 is 11.7 Å². The Labute approximate surface area is 126 Å². The maximum Gasteiger partial charge on any atom is 0.254 e.